The lowest BCUT2D eigenvalue weighted by molar-refractivity contribution is -0.137. The van der Waals surface area contributed by atoms with E-state index in [1.54, 1.807) is 11.3 Å². The zero-order valence-corrected chi connectivity index (χ0v) is 12.4. The maximum Gasteiger partial charge on any atom is 0.304 e. The summed E-state index contributed by atoms with van der Waals surface area (Å²) in [5.41, 5.74) is 1.20. The molecule has 1 aliphatic heterocycles. The Labute approximate surface area is 117 Å². The molecule has 106 valence electrons. The first-order chi connectivity index (χ1) is 9.04. The molecule has 1 saturated heterocycles. The highest BCUT2D eigenvalue weighted by Crippen LogP contribution is 2.18. The molecule has 0 aliphatic carbocycles. The van der Waals surface area contributed by atoms with E-state index in [0.717, 1.165) is 37.7 Å². The van der Waals surface area contributed by atoms with E-state index in [0.29, 0.717) is 6.54 Å². The molecule has 1 N–H and O–H groups in total. The van der Waals surface area contributed by atoms with Crippen molar-refractivity contribution in [3.63, 3.8) is 0 Å². The fraction of sp³-hybridized carbons (Fsp3) is 0.692. The number of piperazine rings is 1. The highest BCUT2D eigenvalue weighted by atomic mass is 32.1. The zero-order valence-electron chi connectivity index (χ0n) is 11.6. The number of rotatable bonds is 5. The molecule has 2 heterocycles. The summed E-state index contributed by atoms with van der Waals surface area (Å²) >= 11 is 1.76. The standard InChI is InChI=1S/C13H21N3O2S/c1-10-12(14-11(2)19-10)9-16-7-5-15(6-8-16)4-3-13(17)18/h3-9H2,1-2H3,(H,17,18). The van der Waals surface area contributed by atoms with Gasteiger partial charge in [-0.2, -0.15) is 0 Å². The van der Waals surface area contributed by atoms with Crippen LogP contribution in [0.25, 0.3) is 0 Å². The number of thiazole rings is 1. The van der Waals surface area contributed by atoms with Crippen LogP contribution in [0.1, 0.15) is 22.0 Å². The fourth-order valence-corrected chi connectivity index (χ4v) is 3.18. The van der Waals surface area contributed by atoms with E-state index < -0.39 is 5.97 Å². The minimum Gasteiger partial charge on any atom is -0.481 e. The maximum atomic E-state index is 10.5. The van der Waals surface area contributed by atoms with Crippen LogP contribution in [0.4, 0.5) is 0 Å². The Balaban J connectivity index is 1.77. The van der Waals surface area contributed by atoms with E-state index in [-0.39, 0.29) is 6.42 Å². The summed E-state index contributed by atoms with van der Waals surface area (Å²) in [6, 6.07) is 0. The van der Waals surface area contributed by atoms with Gasteiger partial charge >= 0.3 is 5.97 Å². The molecule has 0 atom stereocenters. The van der Waals surface area contributed by atoms with Gasteiger partial charge < -0.3 is 10.0 Å². The smallest absolute Gasteiger partial charge is 0.304 e. The molecule has 2 rings (SSSR count). The highest BCUT2D eigenvalue weighted by Gasteiger charge is 2.18. The average molecular weight is 283 g/mol. The molecular weight excluding hydrogens is 262 g/mol. The predicted octanol–water partition coefficient (Wildman–Crippen LogP) is 1.35. The number of nitrogens with zero attached hydrogens (tertiary/aromatic N) is 3. The lowest BCUT2D eigenvalue weighted by Gasteiger charge is -2.34. The number of aliphatic carboxylic acids is 1. The fourth-order valence-electron chi connectivity index (χ4n) is 2.36. The quantitative estimate of drug-likeness (QED) is 0.884. The van der Waals surface area contributed by atoms with Crippen LogP contribution in [0, 0.1) is 13.8 Å². The molecule has 0 spiro atoms. The second-order valence-corrected chi connectivity index (χ2v) is 6.40. The number of carbonyl (C=O) groups is 1. The average Bonchev–Trinajstić information content (AvgIpc) is 2.67. The van der Waals surface area contributed by atoms with Gasteiger partial charge in [0.05, 0.1) is 17.1 Å². The monoisotopic (exact) mass is 283 g/mol. The van der Waals surface area contributed by atoms with E-state index in [2.05, 4.69) is 21.7 Å². The van der Waals surface area contributed by atoms with Gasteiger partial charge in [0, 0.05) is 44.1 Å². The lowest BCUT2D eigenvalue weighted by atomic mass is 10.2. The van der Waals surface area contributed by atoms with Crippen molar-refractivity contribution in [2.45, 2.75) is 26.8 Å². The first kappa shape index (κ1) is 14.4. The Morgan fingerprint density at radius 2 is 1.89 bits per heavy atom. The number of carboxylic acid groups (broad SMARTS) is 1. The third-order valence-corrected chi connectivity index (χ3v) is 4.41. The topological polar surface area (TPSA) is 56.7 Å². The van der Waals surface area contributed by atoms with Crippen molar-refractivity contribution in [2.24, 2.45) is 0 Å². The third-order valence-electron chi connectivity index (χ3n) is 3.48. The Morgan fingerprint density at radius 1 is 1.26 bits per heavy atom. The van der Waals surface area contributed by atoms with Crippen LogP contribution in [-0.2, 0) is 11.3 Å². The molecule has 1 fully saturated rings. The zero-order chi connectivity index (χ0) is 13.8. The van der Waals surface area contributed by atoms with Gasteiger partial charge in [-0.1, -0.05) is 0 Å². The molecule has 0 aromatic carbocycles. The summed E-state index contributed by atoms with van der Waals surface area (Å²) in [4.78, 5) is 21.0. The third kappa shape index (κ3) is 4.26. The van der Waals surface area contributed by atoms with Gasteiger partial charge in [-0.3, -0.25) is 9.69 Å². The van der Waals surface area contributed by atoms with Crippen LogP contribution < -0.4 is 0 Å². The van der Waals surface area contributed by atoms with Crippen molar-refractivity contribution >= 4 is 17.3 Å². The minimum absolute atomic E-state index is 0.240. The summed E-state index contributed by atoms with van der Waals surface area (Å²) in [7, 11) is 0. The minimum atomic E-state index is -0.712. The van der Waals surface area contributed by atoms with Crippen molar-refractivity contribution in [1.82, 2.24) is 14.8 Å². The van der Waals surface area contributed by atoms with Crippen LogP contribution in [0.2, 0.25) is 0 Å². The van der Waals surface area contributed by atoms with Crippen molar-refractivity contribution in [2.75, 3.05) is 32.7 Å². The first-order valence-corrected chi connectivity index (χ1v) is 7.45. The molecule has 0 bridgehead atoms. The molecule has 1 aromatic rings. The van der Waals surface area contributed by atoms with Gasteiger partial charge in [0.25, 0.3) is 0 Å². The Morgan fingerprint density at radius 3 is 2.42 bits per heavy atom. The van der Waals surface area contributed by atoms with Crippen LogP contribution >= 0.6 is 11.3 Å². The molecule has 0 radical (unpaired) electrons. The number of hydrogen-bond acceptors (Lipinski definition) is 5. The normalized spacial score (nSPS) is 17.8. The SMILES string of the molecule is Cc1nc(CN2CCN(CCC(=O)O)CC2)c(C)s1. The number of aromatic nitrogens is 1. The molecule has 0 unspecified atom stereocenters. The van der Waals surface area contributed by atoms with Crippen molar-refractivity contribution in [3.8, 4) is 0 Å². The summed E-state index contributed by atoms with van der Waals surface area (Å²) in [6.07, 6.45) is 0.240. The molecule has 5 nitrogen and oxygen atoms in total. The molecule has 0 saturated carbocycles. The summed E-state index contributed by atoms with van der Waals surface area (Å²) in [6.45, 7) is 9.66. The van der Waals surface area contributed by atoms with E-state index in [1.165, 1.54) is 10.6 Å². The predicted molar refractivity (Wildman–Crippen MR) is 75.6 cm³/mol. The maximum absolute atomic E-state index is 10.5. The van der Waals surface area contributed by atoms with Gasteiger partial charge in [0.1, 0.15) is 0 Å². The van der Waals surface area contributed by atoms with Gasteiger partial charge in [-0.15, -0.1) is 11.3 Å². The van der Waals surface area contributed by atoms with E-state index >= 15 is 0 Å². The van der Waals surface area contributed by atoms with E-state index in [9.17, 15) is 4.79 Å². The van der Waals surface area contributed by atoms with Crippen molar-refractivity contribution in [3.05, 3.63) is 15.6 Å². The van der Waals surface area contributed by atoms with Gasteiger partial charge in [-0.25, -0.2) is 4.98 Å². The molecule has 6 heteroatoms. The van der Waals surface area contributed by atoms with Gasteiger partial charge in [0.15, 0.2) is 0 Å². The largest absolute Gasteiger partial charge is 0.481 e. The summed E-state index contributed by atoms with van der Waals surface area (Å²) in [5.74, 6) is -0.712. The first-order valence-electron chi connectivity index (χ1n) is 6.64. The Hall–Kier alpha value is -0.980. The molecular formula is C13H21N3O2S. The molecule has 1 aromatic heterocycles. The lowest BCUT2D eigenvalue weighted by Crippen LogP contribution is -2.46. The number of carboxylic acids is 1. The van der Waals surface area contributed by atoms with E-state index in [4.69, 9.17) is 5.11 Å². The Bertz CT molecular complexity index is 439. The van der Waals surface area contributed by atoms with Crippen molar-refractivity contribution < 1.29 is 9.90 Å². The van der Waals surface area contributed by atoms with E-state index in [1.807, 2.05) is 6.92 Å². The summed E-state index contributed by atoms with van der Waals surface area (Å²) in [5, 5.41) is 9.81. The van der Waals surface area contributed by atoms with Gasteiger partial charge in [-0.05, 0) is 13.8 Å². The number of aryl methyl sites for hydroxylation is 2. The van der Waals surface area contributed by atoms with Crippen LogP contribution in [0.3, 0.4) is 0 Å². The molecule has 0 amide bonds. The highest BCUT2D eigenvalue weighted by molar-refractivity contribution is 7.11. The van der Waals surface area contributed by atoms with Crippen LogP contribution in [0.15, 0.2) is 0 Å². The van der Waals surface area contributed by atoms with Gasteiger partial charge in [0.2, 0.25) is 0 Å². The van der Waals surface area contributed by atoms with Crippen molar-refractivity contribution in [1.29, 1.82) is 0 Å². The van der Waals surface area contributed by atoms with Crippen LogP contribution in [-0.4, -0.2) is 58.6 Å². The second kappa shape index (κ2) is 6.45. The molecule has 19 heavy (non-hydrogen) atoms. The molecule has 1 aliphatic rings. The summed E-state index contributed by atoms with van der Waals surface area (Å²) < 4.78 is 0. The number of hydrogen-bond donors (Lipinski definition) is 1. The Kier molecular flexibility index (Phi) is 4.90. The second-order valence-electron chi connectivity index (χ2n) is 5.00. The van der Waals surface area contributed by atoms with Crippen LogP contribution in [0.5, 0.6) is 0 Å².